The molecule has 0 radical (unpaired) electrons. The zero-order valence-corrected chi connectivity index (χ0v) is 14.0. The predicted molar refractivity (Wildman–Crippen MR) is 92.6 cm³/mol. The molecule has 1 amide bonds. The Balaban J connectivity index is 1.88. The molecule has 1 aliphatic heterocycles. The van der Waals surface area contributed by atoms with E-state index in [1.54, 1.807) is 0 Å². The van der Waals surface area contributed by atoms with Crippen LogP contribution in [0.2, 0.25) is 0 Å². The Bertz CT molecular complexity index is 485. The minimum atomic E-state index is 0.299. The van der Waals surface area contributed by atoms with Crippen LogP contribution in [-0.4, -0.2) is 47.4 Å². The number of nitrogens with zero attached hydrogens (tertiary/aromatic N) is 2. The van der Waals surface area contributed by atoms with Gasteiger partial charge in [-0.05, 0) is 25.8 Å². The number of benzene rings is 1. The van der Waals surface area contributed by atoms with Crippen molar-refractivity contribution >= 4 is 12.0 Å². The summed E-state index contributed by atoms with van der Waals surface area (Å²) < 4.78 is 0. The molecule has 0 saturated carbocycles. The van der Waals surface area contributed by atoms with Crippen LogP contribution < -0.4 is 0 Å². The summed E-state index contributed by atoms with van der Waals surface area (Å²) in [7, 11) is 0. The first-order chi connectivity index (χ1) is 10.6. The van der Waals surface area contributed by atoms with Crippen LogP contribution in [0.4, 0.5) is 0 Å². The molecule has 1 fully saturated rings. The molecule has 1 aromatic carbocycles. The molecule has 1 saturated heterocycles. The maximum absolute atomic E-state index is 12.2. The summed E-state index contributed by atoms with van der Waals surface area (Å²) in [5.41, 5.74) is 1.24. The molecule has 1 aliphatic rings. The molecule has 0 unspecified atom stereocenters. The second kappa shape index (κ2) is 8.14. The van der Waals surface area contributed by atoms with Gasteiger partial charge in [-0.3, -0.25) is 9.69 Å². The average molecular weight is 300 g/mol. The summed E-state index contributed by atoms with van der Waals surface area (Å²) in [6, 6.07) is 11.0. The number of piperazine rings is 1. The highest BCUT2D eigenvalue weighted by molar-refractivity contribution is 5.77. The summed E-state index contributed by atoms with van der Waals surface area (Å²) >= 11 is 0. The summed E-state index contributed by atoms with van der Waals surface area (Å²) in [5.74, 6) is 0.307. The number of amides is 1. The van der Waals surface area contributed by atoms with Crippen molar-refractivity contribution in [3.8, 4) is 0 Å². The SMILES string of the molecule is CCCC(=O)N1[C@H](C)CN(C/C=C/c2ccccc2)C[C@@H]1C. The largest absolute Gasteiger partial charge is 0.335 e. The third-order valence-electron chi connectivity index (χ3n) is 4.22. The van der Waals surface area contributed by atoms with Crippen LogP contribution >= 0.6 is 0 Å². The minimum absolute atomic E-state index is 0.299. The quantitative estimate of drug-likeness (QED) is 0.832. The molecule has 0 bridgehead atoms. The normalized spacial score (nSPS) is 23.1. The lowest BCUT2D eigenvalue weighted by Gasteiger charge is -2.44. The molecule has 3 heteroatoms. The van der Waals surface area contributed by atoms with Crippen LogP contribution in [0.25, 0.3) is 6.08 Å². The van der Waals surface area contributed by atoms with E-state index in [9.17, 15) is 4.79 Å². The zero-order chi connectivity index (χ0) is 15.9. The molecular weight excluding hydrogens is 272 g/mol. The highest BCUT2D eigenvalue weighted by Gasteiger charge is 2.31. The molecule has 120 valence electrons. The lowest BCUT2D eigenvalue weighted by molar-refractivity contribution is -0.138. The Kier molecular flexibility index (Phi) is 6.20. The van der Waals surface area contributed by atoms with Crippen LogP contribution in [0.1, 0.15) is 39.2 Å². The first-order valence-corrected chi connectivity index (χ1v) is 8.37. The minimum Gasteiger partial charge on any atom is -0.335 e. The number of hydrogen-bond donors (Lipinski definition) is 0. The summed E-state index contributed by atoms with van der Waals surface area (Å²) in [6.07, 6.45) is 5.99. The second-order valence-corrected chi connectivity index (χ2v) is 6.28. The van der Waals surface area contributed by atoms with Gasteiger partial charge in [-0.25, -0.2) is 0 Å². The Morgan fingerprint density at radius 2 is 1.82 bits per heavy atom. The number of rotatable bonds is 5. The molecule has 22 heavy (non-hydrogen) atoms. The van der Waals surface area contributed by atoms with E-state index in [-0.39, 0.29) is 0 Å². The van der Waals surface area contributed by atoms with Crippen LogP contribution in [0.3, 0.4) is 0 Å². The van der Waals surface area contributed by atoms with Gasteiger partial charge < -0.3 is 4.90 Å². The van der Waals surface area contributed by atoms with E-state index in [0.29, 0.717) is 24.4 Å². The topological polar surface area (TPSA) is 23.6 Å². The standard InChI is InChI=1S/C19H28N2O/c1-4-9-19(22)21-16(2)14-20(15-17(21)3)13-8-12-18-10-6-5-7-11-18/h5-8,10-12,16-17H,4,9,13-15H2,1-3H3/b12-8+/t16-,17+. The Labute approximate surface area is 134 Å². The monoisotopic (exact) mass is 300 g/mol. The average Bonchev–Trinajstić information content (AvgIpc) is 2.48. The van der Waals surface area contributed by atoms with Gasteiger partial charge in [0.25, 0.3) is 0 Å². The van der Waals surface area contributed by atoms with E-state index in [4.69, 9.17) is 0 Å². The van der Waals surface area contributed by atoms with Crippen LogP contribution in [-0.2, 0) is 4.79 Å². The second-order valence-electron chi connectivity index (χ2n) is 6.28. The predicted octanol–water partition coefficient (Wildman–Crippen LogP) is 3.42. The fourth-order valence-corrected chi connectivity index (χ4v) is 3.32. The zero-order valence-electron chi connectivity index (χ0n) is 14.0. The highest BCUT2D eigenvalue weighted by atomic mass is 16.2. The first-order valence-electron chi connectivity index (χ1n) is 8.37. The molecule has 0 aromatic heterocycles. The van der Waals surface area contributed by atoms with E-state index in [1.165, 1.54) is 5.56 Å². The Hall–Kier alpha value is -1.61. The molecular formula is C19H28N2O. The van der Waals surface area contributed by atoms with Gasteiger partial charge >= 0.3 is 0 Å². The number of carbonyl (C=O) groups is 1. The molecule has 1 aromatic rings. The lowest BCUT2D eigenvalue weighted by atomic mass is 10.1. The van der Waals surface area contributed by atoms with Gasteiger partial charge in [-0.1, -0.05) is 49.4 Å². The third kappa shape index (κ3) is 4.44. The molecule has 0 spiro atoms. The highest BCUT2D eigenvalue weighted by Crippen LogP contribution is 2.17. The van der Waals surface area contributed by atoms with Crippen LogP contribution in [0.5, 0.6) is 0 Å². The van der Waals surface area contributed by atoms with Gasteiger partial charge in [0.15, 0.2) is 0 Å². The fourth-order valence-electron chi connectivity index (χ4n) is 3.32. The van der Waals surface area contributed by atoms with E-state index < -0.39 is 0 Å². The molecule has 2 rings (SSSR count). The molecule has 0 aliphatic carbocycles. The summed E-state index contributed by atoms with van der Waals surface area (Å²) in [4.78, 5) is 16.7. The van der Waals surface area contributed by atoms with Gasteiger partial charge in [0, 0.05) is 38.1 Å². The van der Waals surface area contributed by atoms with Crippen LogP contribution in [0, 0.1) is 0 Å². The van der Waals surface area contributed by atoms with Gasteiger partial charge in [0.2, 0.25) is 5.91 Å². The van der Waals surface area contributed by atoms with E-state index in [0.717, 1.165) is 26.1 Å². The smallest absolute Gasteiger partial charge is 0.223 e. The Morgan fingerprint density at radius 1 is 1.18 bits per heavy atom. The third-order valence-corrected chi connectivity index (χ3v) is 4.22. The van der Waals surface area contributed by atoms with Gasteiger partial charge in [0.05, 0.1) is 0 Å². The van der Waals surface area contributed by atoms with Gasteiger partial charge in [0.1, 0.15) is 0 Å². The number of hydrogen-bond acceptors (Lipinski definition) is 2. The van der Waals surface area contributed by atoms with Crippen molar-refractivity contribution in [1.82, 2.24) is 9.80 Å². The van der Waals surface area contributed by atoms with Crippen molar-refractivity contribution in [2.45, 2.75) is 45.7 Å². The van der Waals surface area contributed by atoms with Crippen LogP contribution in [0.15, 0.2) is 36.4 Å². The molecule has 0 N–H and O–H groups in total. The first kappa shape index (κ1) is 16.8. The van der Waals surface area contributed by atoms with Gasteiger partial charge in [-0.2, -0.15) is 0 Å². The Morgan fingerprint density at radius 3 is 2.41 bits per heavy atom. The van der Waals surface area contributed by atoms with Crippen molar-refractivity contribution in [2.75, 3.05) is 19.6 Å². The molecule has 1 heterocycles. The van der Waals surface area contributed by atoms with Crippen molar-refractivity contribution in [2.24, 2.45) is 0 Å². The lowest BCUT2D eigenvalue weighted by Crippen LogP contribution is -2.58. The van der Waals surface area contributed by atoms with Gasteiger partial charge in [-0.15, -0.1) is 0 Å². The summed E-state index contributed by atoms with van der Waals surface area (Å²) in [6.45, 7) is 9.25. The maximum atomic E-state index is 12.2. The van der Waals surface area contributed by atoms with Crippen molar-refractivity contribution in [3.05, 3.63) is 42.0 Å². The van der Waals surface area contributed by atoms with E-state index >= 15 is 0 Å². The molecule has 3 nitrogen and oxygen atoms in total. The fraction of sp³-hybridized carbons (Fsp3) is 0.526. The number of carbonyl (C=O) groups excluding carboxylic acids is 1. The molecule has 2 atom stereocenters. The van der Waals surface area contributed by atoms with E-state index in [1.807, 2.05) is 6.07 Å². The summed E-state index contributed by atoms with van der Waals surface area (Å²) in [5, 5.41) is 0. The van der Waals surface area contributed by atoms with Crippen molar-refractivity contribution in [3.63, 3.8) is 0 Å². The van der Waals surface area contributed by atoms with Crippen molar-refractivity contribution < 1.29 is 4.79 Å². The van der Waals surface area contributed by atoms with E-state index in [2.05, 4.69) is 67.0 Å². The maximum Gasteiger partial charge on any atom is 0.223 e. The van der Waals surface area contributed by atoms with Crippen molar-refractivity contribution in [1.29, 1.82) is 0 Å².